The number of tetrazole rings is 1. The molecule has 2 aromatic carbocycles. The smallest absolute Gasteiger partial charge is 0.222 e. The summed E-state index contributed by atoms with van der Waals surface area (Å²) in [5.41, 5.74) is 3.08. The fourth-order valence-corrected chi connectivity index (χ4v) is 3.45. The van der Waals surface area contributed by atoms with Gasteiger partial charge < -0.3 is 5.32 Å². The van der Waals surface area contributed by atoms with Crippen molar-refractivity contribution in [2.75, 3.05) is 0 Å². The highest BCUT2D eigenvalue weighted by Gasteiger charge is 2.21. The number of rotatable bonds is 5. The highest BCUT2D eigenvalue weighted by Crippen LogP contribution is 2.29. The van der Waals surface area contributed by atoms with Crippen LogP contribution < -0.4 is 5.32 Å². The summed E-state index contributed by atoms with van der Waals surface area (Å²) in [6.07, 6.45) is 3.35. The minimum Gasteiger partial charge on any atom is -0.349 e. The van der Waals surface area contributed by atoms with Crippen molar-refractivity contribution in [3.8, 4) is 11.4 Å². The van der Waals surface area contributed by atoms with Crippen LogP contribution in [0.3, 0.4) is 0 Å². The van der Waals surface area contributed by atoms with Gasteiger partial charge in [0.05, 0.1) is 12.6 Å². The van der Waals surface area contributed by atoms with Gasteiger partial charge in [-0.25, -0.2) is 4.39 Å². The summed E-state index contributed by atoms with van der Waals surface area (Å²) >= 11 is 0. The van der Waals surface area contributed by atoms with E-state index in [9.17, 15) is 9.18 Å². The van der Waals surface area contributed by atoms with E-state index in [1.54, 1.807) is 12.1 Å². The number of halogens is 1. The third-order valence-electron chi connectivity index (χ3n) is 4.78. The van der Waals surface area contributed by atoms with Crippen LogP contribution in [0.4, 0.5) is 4.39 Å². The fraction of sp³-hybridized carbons (Fsp3) is 0.300. The van der Waals surface area contributed by atoms with E-state index in [1.807, 2.05) is 12.1 Å². The Labute approximate surface area is 156 Å². The van der Waals surface area contributed by atoms with Gasteiger partial charge in [-0.05, 0) is 47.7 Å². The summed E-state index contributed by atoms with van der Waals surface area (Å²) in [7, 11) is 0. The first-order chi connectivity index (χ1) is 13.2. The zero-order valence-electron chi connectivity index (χ0n) is 14.8. The minimum absolute atomic E-state index is 0.0405. The molecule has 0 spiro atoms. The van der Waals surface area contributed by atoms with E-state index in [1.165, 1.54) is 28.1 Å². The maximum atomic E-state index is 13.3. The van der Waals surface area contributed by atoms with Crippen molar-refractivity contribution in [3.63, 3.8) is 0 Å². The topological polar surface area (TPSA) is 72.7 Å². The molecule has 27 heavy (non-hydrogen) atoms. The van der Waals surface area contributed by atoms with Crippen molar-refractivity contribution in [2.24, 2.45) is 0 Å². The molecule has 1 N–H and O–H groups in total. The van der Waals surface area contributed by atoms with Crippen LogP contribution in [0.2, 0.25) is 0 Å². The standard InChI is InChI=1S/C20H20FN5O/c21-16-8-3-7-15(13-16)20-23-25-26(24-20)12-11-19(27)22-18-10-4-6-14-5-1-2-9-17(14)18/h1-3,5,7-9,13,18H,4,6,10-12H2,(H,22,27). The molecule has 0 radical (unpaired) electrons. The molecule has 1 atom stereocenters. The molecule has 1 aliphatic carbocycles. The molecule has 1 heterocycles. The van der Waals surface area contributed by atoms with Crippen molar-refractivity contribution in [2.45, 2.75) is 38.3 Å². The van der Waals surface area contributed by atoms with E-state index >= 15 is 0 Å². The van der Waals surface area contributed by atoms with Crippen LogP contribution in [0, 0.1) is 5.82 Å². The Morgan fingerprint density at radius 3 is 3.00 bits per heavy atom. The maximum absolute atomic E-state index is 13.3. The lowest BCUT2D eigenvalue weighted by molar-refractivity contribution is -0.122. The molecule has 1 aromatic heterocycles. The number of aryl methyl sites for hydroxylation is 2. The summed E-state index contributed by atoms with van der Waals surface area (Å²) in [5.74, 6) is -0.0478. The Bertz CT molecular complexity index is 955. The summed E-state index contributed by atoms with van der Waals surface area (Å²) in [4.78, 5) is 13.7. The zero-order valence-corrected chi connectivity index (χ0v) is 14.8. The summed E-state index contributed by atoms with van der Waals surface area (Å²) in [6, 6.07) is 14.4. The first-order valence-corrected chi connectivity index (χ1v) is 9.10. The molecule has 1 amide bonds. The number of nitrogens with zero attached hydrogens (tertiary/aromatic N) is 4. The second kappa shape index (κ2) is 7.65. The molecule has 7 heteroatoms. The molecular formula is C20H20FN5O. The molecule has 4 rings (SSSR count). The first kappa shape index (κ1) is 17.3. The lowest BCUT2D eigenvalue weighted by atomic mass is 9.88. The summed E-state index contributed by atoms with van der Waals surface area (Å²) < 4.78 is 13.3. The highest BCUT2D eigenvalue weighted by atomic mass is 19.1. The van der Waals surface area contributed by atoms with Crippen LogP contribution in [-0.2, 0) is 17.8 Å². The van der Waals surface area contributed by atoms with Gasteiger partial charge in [-0.2, -0.15) is 4.80 Å². The number of amides is 1. The fourth-order valence-electron chi connectivity index (χ4n) is 3.45. The average molecular weight is 365 g/mol. The molecule has 6 nitrogen and oxygen atoms in total. The monoisotopic (exact) mass is 365 g/mol. The molecule has 0 bridgehead atoms. The Balaban J connectivity index is 1.35. The third-order valence-corrected chi connectivity index (χ3v) is 4.78. The Morgan fingerprint density at radius 1 is 1.22 bits per heavy atom. The first-order valence-electron chi connectivity index (χ1n) is 9.10. The van der Waals surface area contributed by atoms with Gasteiger partial charge in [0.15, 0.2) is 0 Å². The predicted molar refractivity (Wildman–Crippen MR) is 98.1 cm³/mol. The van der Waals surface area contributed by atoms with Gasteiger partial charge in [0.2, 0.25) is 11.7 Å². The molecule has 0 fully saturated rings. The quantitative estimate of drug-likeness (QED) is 0.754. The maximum Gasteiger partial charge on any atom is 0.222 e. The van der Waals surface area contributed by atoms with Gasteiger partial charge in [0, 0.05) is 12.0 Å². The van der Waals surface area contributed by atoms with E-state index in [0.717, 1.165) is 19.3 Å². The van der Waals surface area contributed by atoms with Crippen molar-refractivity contribution >= 4 is 5.91 Å². The van der Waals surface area contributed by atoms with Crippen LogP contribution in [0.25, 0.3) is 11.4 Å². The highest BCUT2D eigenvalue weighted by molar-refractivity contribution is 5.76. The number of carbonyl (C=O) groups excluding carboxylic acids is 1. The van der Waals surface area contributed by atoms with Crippen LogP contribution in [0.5, 0.6) is 0 Å². The summed E-state index contributed by atoms with van der Waals surface area (Å²) in [6.45, 7) is 0.322. The average Bonchev–Trinajstić information content (AvgIpc) is 3.16. The molecule has 1 unspecified atom stereocenters. The third kappa shape index (κ3) is 4.02. The molecule has 138 valence electrons. The van der Waals surface area contributed by atoms with Crippen LogP contribution >= 0.6 is 0 Å². The van der Waals surface area contributed by atoms with E-state index in [0.29, 0.717) is 17.9 Å². The lowest BCUT2D eigenvalue weighted by Gasteiger charge is -2.26. The SMILES string of the molecule is O=C(CCn1nnc(-c2cccc(F)c2)n1)NC1CCCc2ccccc21. The van der Waals surface area contributed by atoms with Gasteiger partial charge in [-0.1, -0.05) is 36.4 Å². The van der Waals surface area contributed by atoms with Gasteiger partial charge in [0.25, 0.3) is 0 Å². The van der Waals surface area contributed by atoms with Crippen molar-refractivity contribution in [1.82, 2.24) is 25.5 Å². The molecule has 0 saturated heterocycles. The van der Waals surface area contributed by atoms with Crippen LogP contribution in [-0.4, -0.2) is 26.1 Å². The predicted octanol–water partition coefficient (Wildman–Crippen LogP) is 3.06. The Hall–Kier alpha value is -3.09. The molecule has 3 aromatic rings. The van der Waals surface area contributed by atoms with Crippen molar-refractivity contribution in [1.29, 1.82) is 0 Å². The van der Waals surface area contributed by atoms with E-state index in [-0.39, 0.29) is 24.2 Å². The van der Waals surface area contributed by atoms with E-state index in [4.69, 9.17) is 0 Å². The summed E-state index contributed by atoms with van der Waals surface area (Å²) in [5, 5.41) is 15.2. The zero-order chi connectivity index (χ0) is 18.6. The molecule has 0 aliphatic heterocycles. The number of nitrogens with one attached hydrogen (secondary N) is 1. The molecular weight excluding hydrogens is 345 g/mol. The molecule has 0 saturated carbocycles. The Morgan fingerprint density at radius 2 is 2.11 bits per heavy atom. The Kier molecular flexibility index (Phi) is 4.91. The van der Waals surface area contributed by atoms with Crippen molar-refractivity contribution < 1.29 is 9.18 Å². The second-order valence-electron chi connectivity index (χ2n) is 6.68. The number of aromatic nitrogens is 4. The number of hydrogen-bond acceptors (Lipinski definition) is 4. The van der Waals surface area contributed by atoms with Gasteiger partial charge >= 0.3 is 0 Å². The lowest BCUT2D eigenvalue weighted by Crippen LogP contribution is -2.31. The van der Waals surface area contributed by atoms with E-state index in [2.05, 4.69) is 32.9 Å². The number of benzene rings is 2. The minimum atomic E-state index is -0.351. The van der Waals surface area contributed by atoms with Crippen molar-refractivity contribution in [3.05, 3.63) is 65.5 Å². The van der Waals surface area contributed by atoms with Gasteiger partial charge in [-0.15, -0.1) is 10.2 Å². The number of fused-ring (bicyclic) bond motifs is 1. The molecule has 1 aliphatic rings. The largest absolute Gasteiger partial charge is 0.349 e. The number of hydrogen-bond donors (Lipinski definition) is 1. The van der Waals surface area contributed by atoms with Crippen LogP contribution in [0.15, 0.2) is 48.5 Å². The second-order valence-corrected chi connectivity index (χ2v) is 6.68. The van der Waals surface area contributed by atoms with E-state index < -0.39 is 0 Å². The van der Waals surface area contributed by atoms with Crippen LogP contribution in [0.1, 0.15) is 36.4 Å². The normalized spacial score (nSPS) is 16.0. The number of carbonyl (C=O) groups is 1. The van der Waals surface area contributed by atoms with Gasteiger partial charge in [-0.3, -0.25) is 4.79 Å². The van der Waals surface area contributed by atoms with Gasteiger partial charge in [0.1, 0.15) is 5.82 Å².